The fraction of sp³-hybridized carbons (Fsp3) is 0.746. The topological polar surface area (TPSA) is 236 Å². The first-order valence-electron chi connectivity index (χ1n) is 32.2. The number of fused-ring (bicyclic) bond motifs is 5. The number of carbonyl (C=O) groups is 3. The Morgan fingerprint density at radius 3 is 2.46 bits per heavy atom. The molecule has 2 aromatic carbocycles. The molecule has 4 aliphatic carbocycles. The molecule has 0 aromatic heterocycles. The number of aliphatic hydroxyl groups excluding tert-OH is 3. The van der Waals surface area contributed by atoms with E-state index in [9.17, 15) is 40.2 Å². The number of aliphatic hydroxyl groups is 4. The molecule has 15 unspecified atom stereocenters. The van der Waals surface area contributed by atoms with Gasteiger partial charge < -0.3 is 60.8 Å². The van der Waals surface area contributed by atoms with Crippen molar-refractivity contribution in [2.45, 2.75) is 209 Å². The zero-order valence-corrected chi connectivity index (χ0v) is 51.8. The first-order valence-corrected chi connectivity index (χ1v) is 34.7. The van der Waals surface area contributed by atoms with E-state index in [1.54, 1.807) is 39.8 Å². The number of hydrogen-bond acceptors (Lipinski definition) is 16. The summed E-state index contributed by atoms with van der Waals surface area (Å²) in [5.74, 6) is 7.39. The predicted molar refractivity (Wildman–Crippen MR) is 327 cm³/mol. The number of benzene rings is 2. The second-order valence-electron chi connectivity index (χ2n) is 27.5. The van der Waals surface area contributed by atoms with Crippen LogP contribution in [0.5, 0.6) is 17.2 Å². The largest absolute Gasteiger partial charge is 0.508 e. The van der Waals surface area contributed by atoms with Gasteiger partial charge in [0.1, 0.15) is 23.5 Å². The zero-order chi connectivity index (χ0) is 59.2. The number of hydrogen-bond donors (Lipinski definition) is 9. The van der Waals surface area contributed by atoms with Crippen LogP contribution in [-0.4, -0.2) is 135 Å². The molecule has 10 rings (SSSR count). The number of ether oxygens (including phenoxy) is 3. The van der Waals surface area contributed by atoms with Crippen LogP contribution in [0.1, 0.15) is 184 Å². The van der Waals surface area contributed by atoms with Crippen molar-refractivity contribution in [1.29, 1.82) is 0 Å². The van der Waals surface area contributed by atoms with Gasteiger partial charge in [0.25, 0.3) is 0 Å². The number of esters is 2. The Morgan fingerprint density at radius 1 is 0.940 bits per heavy atom. The lowest BCUT2D eigenvalue weighted by atomic mass is 9.51. The van der Waals surface area contributed by atoms with Crippen LogP contribution >= 0.6 is 21.6 Å². The van der Waals surface area contributed by atoms with Crippen LogP contribution in [0.3, 0.4) is 0 Å². The molecule has 5 fully saturated rings. The van der Waals surface area contributed by atoms with E-state index in [0.717, 1.165) is 87.3 Å². The Balaban J connectivity index is 1.07. The van der Waals surface area contributed by atoms with Crippen molar-refractivity contribution in [2.24, 2.45) is 52.3 Å². The lowest BCUT2D eigenvalue weighted by Crippen LogP contribution is -2.65. The third-order valence-corrected chi connectivity index (χ3v) is 24.5. The molecule has 15 atom stereocenters. The quantitative estimate of drug-likeness (QED) is 0.0459. The molecule has 8 aliphatic rings. The van der Waals surface area contributed by atoms with Crippen LogP contribution in [0.4, 0.5) is 0 Å². The molecule has 2 saturated carbocycles. The summed E-state index contributed by atoms with van der Waals surface area (Å²) in [6, 6.07) is 10.8. The van der Waals surface area contributed by atoms with Crippen molar-refractivity contribution >= 4 is 39.4 Å². The Labute approximate surface area is 506 Å². The number of carbonyl (C=O) groups excluding carboxylic acids is 3. The highest BCUT2D eigenvalue weighted by atomic mass is 33.1. The molecule has 9 N–H and O–H groups in total. The van der Waals surface area contributed by atoms with Crippen LogP contribution in [0.15, 0.2) is 36.4 Å². The van der Waals surface area contributed by atoms with E-state index in [1.807, 2.05) is 25.1 Å². The van der Waals surface area contributed by atoms with Crippen LogP contribution < -0.4 is 20.7 Å². The second-order valence-corrected chi connectivity index (χ2v) is 30.1. The fourth-order valence-corrected chi connectivity index (χ4v) is 20.5. The Kier molecular flexibility index (Phi) is 20.9. The summed E-state index contributed by atoms with van der Waals surface area (Å²) in [6.45, 7) is 7.96. The normalized spacial score (nSPS) is 34.7. The van der Waals surface area contributed by atoms with Crippen molar-refractivity contribution in [3.05, 3.63) is 53.1 Å². The monoisotopic (exact) mass is 1200 g/mol. The Bertz CT molecular complexity index is 2630. The molecule has 0 bridgehead atoms. The lowest BCUT2D eigenvalue weighted by Gasteiger charge is -2.56. The maximum Gasteiger partial charge on any atom is 0.332 e. The van der Waals surface area contributed by atoms with Crippen molar-refractivity contribution in [1.82, 2.24) is 16.0 Å². The number of phenolic OH excluding ortho intramolecular Hbond substituents is 2. The highest BCUT2D eigenvalue weighted by molar-refractivity contribution is 8.76. The van der Waals surface area contributed by atoms with Gasteiger partial charge in [0.15, 0.2) is 11.5 Å². The summed E-state index contributed by atoms with van der Waals surface area (Å²) in [5, 5.41) is 78.8. The highest BCUT2D eigenvalue weighted by Crippen LogP contribution is 2.65. The van der Waals surface area contributed by atoms with Gasteiger partial charge in [0.05, 0.1) is 18.3 Å². The lowest BCUT2D eigenvalue weighted by molar-refractivity contribution is -0.183. The third-order valence-electron chi connectivity index (χ3n) is 21.9. The van der Waals surface area contributed by atoms with Crippen molar-refractivity contribution in [3.63, 3.8) is 0 Å². The fourth-order valence-electron chi connectivity index (χ4n) is 17.7. The second kappa shape index (κ2) is 27.8. The summed E-state index contributed by atoms with van der Waals surface area (Å²) in [5.41, 5.74) is -0.460. The number of phenols is 2. The molecule has 464 valence electrons. The summed E-state index contributed by atoms with van der Waals surface area (Å²) < 4.78 is 20.9. The van der Waals surface area contributed by atoms with Crippen LogP contribution in [0, 0.1) is 64.1 Å². The van der Waals surface area contributed by atoms with Gasteiger partial charge in [-0.05, 0) is 182 Å². The Hall–Kier alpha value is -3.73. The average molecular weight is 1200 g/mol. The number of aromatic hydroxyl groups is 2. The number of nitrogens with one attached hydrogen (secondary N) is 3. The molecule has 4 aliphatic heterocycles. The minimum absolute atomic E-state index is 0.0290. The van der Waals surface area contributed by atoms with Crippen LogP contribution in [0.25, 0.3) is 0 Å². The minimum Gasteiger partial charge on any atom is -0.508 e. The van der Waals surface area contributed by atoms with Gasteiger partial charge in [-0.25, -0.2) is 4.79 Å². The molecule has 0 radical (unpaired) electrons. The molecule has 84 heavy (non-hydrogen) atoms. The maximum absolute atomic E-state index is 15.9. The van der Waals surface area contributed by atoms with Crippen molar-refractivity contribution in [2.75, 3.05) is 51.0 Å². The minimum atomic E-state index is -1.21. The maximum atomic E-state index is 15.9. The predicted octanol–water partition coefficient (Wildman–Crippen LogP) is 9.22. The standard InChI is InChI=1S/C67H97N3O12S2/c1-42(10-9-31-71)32-45(33-44-14-17-49(74)18-15-44)37-69-54-39-83-84-41-64(3,79)36-47-12-8-11-46-34-52-53(65(40-72)24-6-7-25-65)38-80-62-56(76)22-20-51(60(52)62)61(46)66(27-29-68-30-28-66)58(35-57(81-43(2)73)50(47)19-21-55(54)75)82-63(78)67-26-5-4-13-48(67)16-23-59(77)70-67/h14-15,17-18,20,22,42,45-48,50,52-55,57-58,61,68-69,71-72,74-76,79H,4-7,9-10,12-13,16,19,21,23-41H2,1-3H3,(H,70,77). The number of rotatable bonds is 15. The Morgan fingerprint density at radius 2 is 1.71 bits per heavy atom. The van der Waals surface area contributed by atoms with Crippen molar-refractivity contribution in [3.8, 4) is 29.1 Å². The summed E-state index contributed by atoms with van der Waals surface area (Å²) >= 11 is 0. The SMILES string of the molecule is CC(=O)OC1CC(OC(=O)C23CCCCC2CCC(=O)N3)C2(CCNCC2)C2c3ccc(O)c4c3C(CC2C#CCC2CC(C)(O)CSSCC(NCC(Cc3ccc(O)cc3)CC(C)CCCO)C(O)CCC21)C(C1(CO)CCCC1)CO4. The van der Waals surface area contributed by atoms with Gasteiger partial charge in [0, 0.05) is 97.0 Å². The molecule has 3 saturated heterocycles. The number of amides is 1. The van der Waals surface area contributed by atoms with E-state index in [4.69, 9.17) is 14.2 Å². The van der Waals surface area contributed by atoms with Gasteiger partial charge >= 0.3 is 11.9 Å². The molecule has 15 nitrogen and oxygen atoms in total. The van der Waals surface area contributed by atoms with Gasteiger partial charge in [0.2, 0.25) is 5.91 Å². The smallest absolute Gasteiger partial charge is 0.332 e. The van der Waals surface area contributed by atoms with Gasteiger partial charge in [-0.1, -0.05) is 78.3 Å². The zero-order valence-electron chi connectivity index (χ0n) is 50.1. The first-order chi connectivity index (χ1) is 40.5. The third kappa shape index (κ3) is 13.9. The molecule has 17 heteroatoms. The highest BCUT2D eigenvalue weighted by Gasteiger charge is 2.61. The molecule has 2 aromatic rings. The summed E-state index contributed by atoms with van der Waals surface area (Å²) in [6.07, 6.45) is 12.0. The molecule has 1 spiro atoms. The molecule has 4 heterocycles. The molecular weight excluding hydrogens is 1100 g/mol. The summed E-state index contributed by atoms with van der Waals surface area (Å²) in [7, 11) is 3.24. The first kappa shape index (κ1) is 63.3. The van der Waals surface area contributed by atoms with Gasteiger partial charge in [-0.3, -0.25) is 9.59 Å². The molecule has 1 amide bonds. The van der Waals surface area contributed by atoms with Crippen LogP contribution in [-0.2, 0) is 30.3 Å². The van der Waals surface area contributed by atoms with Crippen molar-refractivity contribution < 1.29 is 59.2 Å². The average Bonchev–Trinajstić information content (AvgIpc) is 1.13. The van der Waals surface area contributed by atoms with E-state index in [1.165, 1.54) is 6.92 Å². The number of piperidine rings is 2. The summed E-state index contributed by atoms with van der Waals surface area (Å²) in [4.78, 5) is 43.4. The van der Waals surface area contributed by atoms with Gasteiger partial charge in [-0.2, -0.15) is 0 Å². The molecular formula is C67H97N3O12S2. The van der Waals surface area contributed by atoms with Crippen LogP contribution in [0.2, 0.25) is 0 Å². The van der Waals surface area contributed by atoms with E-state index < -0.39 is 52.7 Å². The van der Waals surface area contributed by atoms with E-state index in [-0.39, 0.29) is 89.9 Å². The van der Waals surface area contributed by atoms with E-state index >= 15 is 4.79 Å². The van der Waals surface area contributed by atoms with E-state index in [0.29, 0.717) is 114 Å². The van der Waals surface area contributed by atoms with E-state index in [2.05, 4.69) is 34.7 Å². The van der Waals surface area contributed by atoms with Gasteiger partial charge in [-0.15, -0.1) is 5.92 Å².